The normalized spacial score (nSPS) is 20.8. The molecule has 0 aliphatic carbocycles. The molecule has 1 heterocycles. The molecule has 114 valence electrons. The molecule has 0 aromatic heterocycles. The monoisotopic (exact) mass is 280 g/mol. The molecule has 0 radical (unpaired) electrons. The van der Waals surface area contributed by atoms with Gasteiger partial charge in [0.2, 0.25) is 0 Å². The molecule has 1 rings (SSSR count). The Kier molecular flexibility index (Phi) is 7.24. The number of hydrogen-bond acceptors (Lipinski definition) is 4. The molecule has 5 heteroatoms. The predicted octanol–water partition coefficient (Wildman–Crippen LogP) is 3.48. The first kappa shape index (κ1) is 18.9. The predicted molar refractivity (Wildman–Crippen MR) is 87.6 cm³/mol. The first-order valence-electron chi connectivity index (χ1n) is 7.11. The van der Waals surface area contributed by atoms with Crippen LogP contribution in [-0.2, 0) is 9.31 Å². The van der Waals surface area contributed by atoms with Crippen LogP contribution in [0.1, 0.15) is 54.9 Å². The number of rotatable bonds is 3. The summed E-state index contributed by atoms with van der Waals surface area (Å²) in [6, 6.07) is 0. The molecule has 0 amide bonds. The first-order valence-corrected chi connectivity index (χ1v) is 7.11. The summed E-state index contributed by atoms with van der Waals surface area (Å²) in [4.78, 5) is 3.97. The molecule has 0 aromatic rings. The molecule has 1 aliphatic heterocycles. The third kappa shape index (κ3) is 5.14. The zero-order valence-corrected chi connectivity index (χ0v) is 14.0. The Balaban J connectivity index is 0.00000110. The van der Waals surface area contributed by atoms with Crippen LogP contribution in [0.25, 0.3) is 0 Å². The molecule has 4 nitrogen and oxygen atoms in total. The number of nitrogens with zero attached hydrogens (tertiary/aromatic N) is 1. The Hall–Kier alpha value is -1.07. The van der Waals surface area contributed by atoms with Crippen LogP contribution in [-0.4, -0.2) is 24.5 Å². The second-order valence-corrected chi connectivity index (χ2v) is 5.83. The van der Waals surface area contributed by atoms with Gasteiger partial charge in [-0.25, -0.2) is 4.99 Å². The molecule has 0 atom stereocenters. The van der Waals surface area contributed by atoms with Crippen molar-refractivity contribution in [2.75, 3.05) is 0 Å². The Morgan fingerprint density at radius 1 is 1.20 bits per heavy atom. The van der Waals surface area contributed by atoms with Crippen LogP contribution >= 0.6 is 0 Å². The van der Waals surface area contributed by atoms with Crippen LogP contribution in [0.2, 0.25) is 0 Å². The van der Waals surface area contributed by atoms with Crippen molar-refractivity contribution in [2.24, 2.45) is 10.7 Å². The minimum atomic E-state index is -0.409. The van der Waals surface area contributed by atoms with Gasteiger partial charge in [-0.1, -0.05) is 32.9 Å². The summed E-state index contributed by atoms with van der Waals surface area (Å²) in [5.74, 6) is 0.265. The summed E-state index contributed by atoms with van der Waals surface area (Å²) >= 11 is 0. The summed E-state index contributed by atoms with van der Waals surface area (Å²) < 4.78 is 11.8. The fourth-order valence-corrected chi connectivity index (χ4v) is 1.41. The Morgan fingerprint density at radius 3 is 1.90 bits per heavy atom. The van der Waals surface area contributed by atoms with Gasteiger partial charge in [-0.15, -0.1) is 0 Å². The molecular formula is C15H29BN2O2. The largest absolute Gasteiger partial charge is 0.496 e. The Labute approximate surface area is 124 Å². The maximum absolute atomic E-state index is 5.90. The molecule has 1 saturated heterocycles. The van der Waals surface area contributed by atoms with Gasteiger partial charge < -0.3 is 15.0 Å². The molecule has 0 unspecified atom stereocenters. The lowest BCUT2D eigenvalue weighted by atomic mass is 9.79. The van der Waals surface area contributed by atoms with Crippen LogP contribution < -0.4 is 5.73 Å². The highest BCUT2D eigenvalue weighted by Gasteiger charge is 2.52. The van der Waals surface area contributed by atoms with E-state index in [1.165, 1.54) is 6.42 Å². The molecule has 0 aromatic carbocycles. The number of aliphatic imine (C=N–C) groups is 1. The van der Waals surface area contributed by atoms with E-state index in [0.717, 1.165) is 5.47 Å². The standard InChI is InChI=1S/C12H21BN2O2.C3H8/c1-7-10(8-15-9(2)14)13-16-11(3,4)12(5,6)17-13;1-3-2/h7-8H,2,14H2,1,3-6H3;3H2,1-2H3/b10-7+,15-8-;. The summed E-state index contributed by atoms with van der Waals surface area (Å²) in [6.07, 6.45) is 4.78. The second kappa shape index (κ2) is 7.65. The molecular weight excluding hydrogens is 251 g/mol. The van der Waals surface area contributed by atoms with Gasteiger partial charge in [0, 0.05) is 6.21 Å². The number of allylic oxidation sites excluding steroid dienone is 2. The van der Waals surface area contributed by atoms with Crippen LogP contribution in [0.5, 0.6) is 0 Å². The van der Waals surface area contributed by atoms with Gasteiger partial charge in [0.15, 0.2) is 0 Å². The van der Waals surface area contributed by atoms with E-state index >= 15 is 0 Å². The maximum Gasteiger partial charge on any atom is 0.496 e. The van der Waals surface area contributed by atoms with Gasteiger partial charge in [-0.05, 0) is 40.1 Å². The minimum absolute atomic E-state index is 0.265. The average molecular weight is 280 g/mol. The van der Waals surface area contributed by atoms with E-state index in [0.29, 0.717) is 0 Å². The van der Waals surface area contributed by atoms with Gasteiger partial charge >= 0.3 is 7.12 Å². The van der Waals surface area contributed by atoms with Crippen molar-refractivity contribution in [1.29, 1.82) is 0 Å². The highest BCUT2D eigenvalue weighted by molar-refractivity contribution is 6.60. The second-order valence-electron chi connectivity index (χ2n) is 5.83. The summed E-state index contributed by atoms with van der Waals surface area (Å²) in [7, 11) is -0.409. The minimum Gasteiger partial charge on any atom is -0.399 e. The number of hydrogen-bond donors (Lipinski definition) is 1. The van der Waals surface area contributed by atoms with Crippen LogP contribution in [0.4, 0.5) is 0 Å². The molecule has 1 fully saturated rings. The summed E-state index contributed by atoms with van der Waals surface area (Å²) in [6.45, 7) is 17.7. The maximum atomic E-state index is 5.90. The van der Waals surface area contributed by atoms with Crippen molar-refractivity contribution >= 4 is 13.3 Å². The van der Waals surface area contributed by atoms with Crippen molar-refractivity contribution in [1.82, 2.24) is 0 Å². The Bertz CT molecular complexity index is 371. The van der Waals surface area contributed by atoms with Crippen molar-refractivity contribution in [3.8, 4) is 0 Å². The van der Waals surface area contributed by atoms with Crippen molar-refractivity contribution < 1.29 is 9.31 Å². The topological polar surface area (TPSA) is 56.8 Å². The van der Waals surface area contributed by atoms with E-state index in [9.17, 15) is 0 Å². The highest BCUT2D eigenvalue weighted by atomic mass is 16.7. The SMILES string of the molecule is C=C(N)/N=C\C(=C/C)B1OC(C)(C)C(C)(C)O1.CCC. The van der Waals surface area contributed by atoms with Crippen molar-refractivity contribution in [2.45, 2.75) is 66.1 Å². The van der Waals surface area contributed by atoms with Gasteiger partial charge in [0.05, 0.1) is 11.2 Å². The van der Waals surface area contributed by atoms with E-state index in [-0.39, 0.29) is 17.0 Å². The third-order valence-corrected chi connectivity index (χ3v) is 3.24. The first-order chi connectivity index (χ1) is 9.11. The van der Waals surface area contributed by atoms with Crippen molar-refractivity contribution in [3.05, 3.63) is 23.9 Å². The van der Waals surface area contributed by atoms with Crippen LogP contribution in [0.3, 0.4) is 0 Å². The lowest BCUT2D eigenvalue weighted by molar-refractivity contribution is 0.00578. The van der Waals surface area contributed by atoms with Crippen molar-refractivity contribution in [3.63, 3.8) is 0 Å². The zero-order chi connectivity index (χ0) is 16.0. The van der Waals surface area contributed by atoms with Gasteiger partial charge in [-0.3, -0.25) is 0 Å². The molecule has 0 saturated carbocycles. The van der Waals surface area contributed by atoms with E-state index < -0.39 is 7.12 Å². The third-order valence-electron chi connectivity index (χ3n) is 3.24. The zero-order valence-electron chi connectivity index (χ0n) is 14.0. The quantitative estimate of drug-likeness (QED) is 0.636. The van der Waals surface area contributed by atoms with Crippen LogP contribution in [0, 0.1) is 0 Å². The molecule has 20 heavy (non-hydrogen) atoms. The smallest absolute Gasteiger partial charge is 0.399 e. The average Bonchev–Trinajstić information content (AvgIpc) is 2.49. The molecule has 0 spiro atoms. The van der Waals surface area contributed by atoms with Gasteiger partial charge in [0.25, 0.3) is 0 Å². The van der Waals surface area contributed by atoms with E-state index in [1.54, 1.807) is 6.21 Å². The fraction of sp³-hybridized carbons (Fsp3) is 0.667. The molecule has 2 N–H and O–H groups in total. The van der Waals surface area contributed by atoms with Gasteiger partial charge in [-0.2, -0.15) is 0 Å². The van der Waals surface area contributed by atoms with E-state index in [1.807, 2.05) is 40.7 Å². The lowest BCUT2D eigenvalue weighted by Gasteiger charge is -2.32. The van der Waals surface area contributed by atoms with E-state index in [4.69, 9.17) is 15.0 Å². The summed E-state index contributed by atoms with van der Waals surface area (Å²) in [5.41, 5.74) is 5.55. The lowest BCUT2D eigenvalue weighted by Crippen LogP contribution is -2.41. The highest BCUT2D eigenvalue weighted by Crippen LogP contribution is 2.38. The van der Waals surface area contributed by atoms with Crippen LogP contribution in [0.15, 0.2) is 28.9 Å². The Morgan fingerprint density at radius 2 is 1.60 bits per heavy atom. The molecule has 0 bridgehead atoms. The molecule has 1 aliphatic rings. The van der Waals surface area contributed by atoms with Gasteiger partial charge in [0.1, 0.15) is 5.82 Å². The van der Waals surface area contributed by atoms with E-state index in [2.05, 4.69) is 25.4 Å². The fourth-order valence-electron chi connectivity index (χ4n) is 1.41. The number of nitrogens with two attached hydrogens (primary N) is 1. The summed E-state index contributed by atoms with van der Waals surface area (Å²) in [5, 5.41) is 0.